The van der Waals surface area contributed by atoms with Gasteiger partial charge in [0.2, 0.25) is 0 Å². The highest BCUT2D eigenvalue weighted by molar-refractivity contribution is 4.94. The first-order valence-corrected chi connectivity index (χ1v) is 6.22. The Morgan fingerprint density at radius 1 is 1.27 bits per heavy atom. The molecule has 0 aromatic rings. The van der Waals surface area contributed by atoms with E-state index in [0.717, 1.165) is 26.0 Å². The smallest absolute Gasteiger partial charge is 0.0597 e. The molecule has 88 valence electrons. The predicted molar refractivity (Wildman–Crippen MR) is 59.8 cm³/mol. The molecule has 2 aliphatic heterocycles. The molecule has 0 spiro atoms. The summed E-state index contributed by atoms with van der Waals surface area (Å²) >= 11 is 0. The molecule has 3 heteroatoms. The summed E-state index contributed by atoms with van der Waals surface area (Å²) in [6.45, 7) is 6.03. The second-order valence-electron chi connectivity index (χ2n) is 5.17. The van der Waals surface area contributed by atoms with Crippen LogP contribution in [0.15, 0.2) is 0 Å². The molecule has 0 aromatic heterocycles. The number of hydrogen-bond donors (Lipinski definition) is 1. The first kappa shape index (κ1) is 11.4. The highest BCUT2D eigenvalue weighted by Crippen LogP contribution is 2.35. The van der Waals surface area contributed by atoms with Crippen LogP contribution in [0.2, 0.25) is 0 Å². The number of ether oxygens (including phenoxy) is 1. The molecule has 2 fully saturated rings. The number of piperidine rings is 1. The van der Waals surface area contributed by atoms with E-state index in [4.69, 9.17) is 4.74 Å². The first-order valence-electron chi connectivity index (χ1n) is 6.22. The average Bonchev–Trinajstić information content (AvgIpc) is 2.42. The van der Waals surface area contributed by atoms with Gasteiger partial charge in [0.15, 0.2) is 0 Å². The minimum absolute atomic E-state index is 0.0511. The highest BCUT2D eigenvalue weighted by atomic mass is 16.5. The van der Waals surface area contributed by atoms with Gasteiger partial charge in [0.05, 0.1) is 18.8 Å². The number of rotatable bonds is 4. The zero-order valence-electron chi connectivity index (χ0n) is 9.85. The van der Waals surface area contributed by atoms with Gasteiger partial charge in [0.25, 0.3) is 0 Å². The number of aliphatic hydroxyl groups is 1. The van der Waals surface area contributed by atoms with E-state index in [1.807, 2.05) is 0 Å². The first-order chi connectivity index (χ1) is 7.16. The Balaban J connectivity index is 1.78. The van der Waals surface area contributed by atoms with E-state index >= 15 is 0 Å². The van der Waals surface area contributed by atoms with Crippen molar-refractivity contribution in [3.8, 4) is 0 Å². The van der Waals surface area contributed by atoms with Crippen molar-refractivity contribution in [2.75, 3.05) is 13.2 Å². The molecule has 2 atom stereocenters. The maximum Gasteiger partial charge on any atom is 0.0597 e. The number of aliphatic hydroxyl groups excluding tert-OH is 1. The fraction of sp³-hybridized carbons (Fsp3) is 1.00. The lowest BCUT2D eigenvalue weighted by Gasteiger charge is -2.37. The van der Waals surface area contributed by atoms with Crippen molar-refractivity contribution >= 4 is 0 Å². The van der Waals surface area contributed by atoms with Crippen molar-refractivity contribution in [3.63, 3.8) is 0 Å². The van der Waals surface area contributed by atoms with Gasteiger partial charge in [-0.3, -0.25) is 4.90 Å². The van der Waals surface area contributed by atoms with Gasteiger partial charge in [-0.2, -0.15) is 0 Å². The molecule has 2 rings (SSSR count). The average molecular weight is 213 g/mol. The molecule has 3 nitrogen and oxygen atoms in total. The van der Waals surface area contributed by atoms with E-state index in [9.17, 15) is 5.11 Å². The molecule has 15 heavy (non-hydrogen) atoms. The van der Waals surface area contributed by atoms with Crippen LogP contribution >= 0.6 is 0 Å². The normalized spacial score (nSPS) is 36.4. The Morgan fingerprint density at radius 3 is 2.40 bits per heavy atom. The van der Waals surface area contributed by atoms with E-state index in [1.54, 1.807) is 0 Å². The predicted octanol–water partition coefficient (Wildman–Crippen LogP) is 1.40. The third-order valence-corrected chi connectivity index (χ3v) is 3.66. The highest BCUT2D eigenvalue weighted by Gasteiger charge is 2.39. The summed E-state index contributed by atoms with van der Waals surface area (Å²) in [4.78, 5) is 2.55. The summed E-state index contributed by atoms with van der Waals surface area (Å²) in [5, 5.41) is 9.66. The van der Waals surface area contributed by atoms with Crippen LogP contribution in [0.25, 0.3) is 0 Å². The van der Waals surface area contributed by atoms with Crippen LogP contribution < -0.4 is 0 Å². The van der Waals surface area contributed by atoms with Crippen molar-refractivity contribution < 1.29 is 9.84 Å². The molecule has 0 aliphatic carbocycles. The van der Waals surface area contributed by atoms with Crippen LogP contribution in [0.3, 0.4) is 0 Å². The Hall–Kier alpha value is -0.120. The van der Waals surface area contributed by atoms with Crippen LogP contribution in [-0.2, 0) is 4.74 Å². The van der Waals surface area contributed by atoms with E-state index in [1.165, 1.54) is 12.8 Å². The molecule has 1 N–H and O–H groups in total. The van der Waals surface area contributed by atoms with Crippen molar-refractivity contribution in [2.24, 2.45) is 0 Å². The Kier molecular flexibility index (Phi) is 3.65. The van der Waals surface area contributed by atoms with E-state index in [0.29, 0.717) is 18.2 Å². The zero-order chi connectivity index (χ0) is 10.8. The molecule has 2 heterocycles. The molecule has 0 aromatic carbocycles. The summed E-state index contributed by atoms with van der Waals surface area (Å²) in [6.07, 6.45) is 4.76. The van der Waals surface area contributed by atoms with Gasteiger partial charge in [0, 0.05) is 18.6 Å². The van der Waals surface area contributed by atoms with Crippen LogP contribution in [0.4, 0.5) is 0 Å². The lowest BCUT2D eigenvalue weighted by molar-refractivity contribution is 0.00389. The fourth-order valence-corrected chi connectivity index (χ4v) is 3.00. The van der Waals surface area contributed by atoms with Gasteiger partial charge >= 0.3 is 0 Å². The summed E-state index contributed by atoms with van der Waals surface area (Å²) in [5.74, 6) is 0. The minimum Gasteiger partial charge on any atom is -0.393 e. The summed E-state index contributed by atoms with van der Waals surface area (Å²) in [5.41, 5.74) is 0. The number of hydrogen-bond acceptors (Lipinski definition) is 3. The largest absolute Gasteiger partial charge is 0.393 e. The van der Waals surface area contributed by atoms with Crippen molar-refractivity contribution in [1.29, 1.82) is 0 Å². The quantitative estimate of drug-likeness (QED) is 0.766. The van der Waals surface area contributed by atoms with Gasteiger partial charge in [-0.05, 0) is 39.5 Å². The van der Waals surface area contributed by atoms with Crippen molar-refractivity contribution in [2.45, 2.75) is 63.8 Å². The number of nitrogens with zero attached hydrogens (tertiary/aromatic N) is 1. The summed E-state index contributed by atoms with van der Waals surface area (Å²) in [6, 6.07) is 1.24. The van der Waals surface area contributed by atoms with Gasteiger partial charge in [-0.1, -0.05) is 0 Å². The molecular formula is C12H23NO2. The zero-order valence-corrected chi connectivity index (χ0v) is 9.85. The Morgan fingerprint density at radius 2 is 1.87 bits per heavy atom. The second-order valence-corrected chi connectivity index (χ2v) is 5.17. The molecule has 0 saturated carbocycles. The monoisotopic (exact) mass is 213 g/mol. The summed E-state index contributed by atoms with van der Waals surface area (Å²) in [7, 11) is 0. The van der Waals surface area contributed by atoms with E-state index in [2.05, 4.69) is 18.7 Å². The summed E-state index contributed by atoms with van der Waals surface area (Å²) < 4.78 is 5.59. The minimum atomic E-state index is -0.0511. The van der Waals surface area contributed by atoms with Crippen molar-refractivity contribution in [3.05, 3.63) is 0 Å². The standard InChI is InChI=1S/C12H23NO2/c1-9(2)15-6-5-13-10-3-4-11(13)8-12(14)7-10/h9-12,14H,3-8H2,1-2H3. The lowest BCUT2D eigenvalue weighted by atomic mass is 10.0. The number of fused-ring (bicyclic) bond motifs is 2. The molecule has 2 saturated heterocycles. The molecule has 0 radical (unpaired) electrons. The maximum absolute atomic E-state index is 9.66. The third kappa shape index (κ3) is 2.71. The topological polar surface area (TPSA) is 32.7 Å². The second kappa shape index (κ2) is 4.81. The fourth-order valence-electron chi connectivity index (χ4n) is 3.00. The Bertz CT molecular complexity index is 194. The van der Waals surface area contributed by atoms with E-state index in [-0.39, 0.29) is 6.10 Å². The molecule has 2 bridgehead atoms. The van der Waals surface area contributed by atoms with Gasteiger partial charge in [0.1, 0.15) is 0 Å². The SMILES string of the molecule is CC(C)OCCN1C2CCC1CC(O)C2. The molecule has 2 unspecified atom stereocenters. The molecule has 0 amide bonds. The van der Waals surface area contributed by atoms with Gasteiger partial charge in [-0.25, -0.2) is 0 Å². The molecular weight excluding hydrogens is 190 g/mol. The van der Waals surface area contributed by atoms with Crippen LogP contribution in [0, 0.1) is 0 Å². The molecule has 2 aliphatic rings. The third-order valence-electron chi connectivity index (χ3n) is 3.66. The van der Waals surface area contributed by atoms with Crippen LogP contribution in [-0.4, -0.2) is 47.4 Å². The Labute approximate surface area is 92.4 Å². The van der Waals surface area contributed by atoms with Crippen LogP contribution in [0.5, 0.6) is 0 Å². The lowest BCUT2D eigenvalue weighted by Crippen LogP contribution is -2.46. The maximum atomic E-state index is 9.66. The van der Waals surface area contributed by atoms with E-state index < -0.39 is 0 Å². The van der Waals surface area contributed by atoms with Gasteiger partial charge in [-0.15, -0.1) is 0 Å². The van der Waals surface area contributed by atoms with Crippen molar-refractivity contribution in [1.82, 2.24) is 4.90 Å². The van der Waals surface area contributed by atoms with Gasteiger partial charge < -0.3 is 9.84 Å². The van der Waals surface area contributed by atoms with Crippen LogP contribution in [0.1, 0.15) is 39.5 Å².